The van der Waals surface area contributed by atoms with Gasteiger partial charge in [-0.25, -0.2) is 21.9 Å². The summed E-state index contributed by atoms with van der Waals surface area (Å²) in [7, 11) is -4.12. The lowest BCUT2D eigenvalue weighted by molar-refractivity contribution is -0.0497. The monoisotopic (exact) mass is 318 g/mol. The fourth-order valence-electron chi connectivity index (χ4n) is 1.95. The second-order valence-corrected chi connectivity index (χ2v) is 6.25. The highest BCUT2D eigenvalue weighted by Gasteiger charge is 2.33. The SMILES string of the molecule is CS(=O)(=O)c1c(C(F)F)nn(-c2ccccc2)c1C(O)O. The molecule has 0 radical (unpaired) electrons. The van der Waals surface area contributed by atoms with Crippen LogP contribution < -0.4 is 0 Å². The van der Waals surface area contributed by atoms with Crippen molar-refractivity contribution in [3.63, 3.8) is 0 Å². The van der Waals surface area contributed by atoms with E-state index in [1.54, 1.807) is 18.2 Å². The highest BCUT2D eigenvalue weighted by Crippen LogP contribution is 2.33. The second-order valence-electron chi connectivity index (χ2n) is 4.29. The molecule has 0 bridgehead atoms. The topological polar surface area (TPSA) is 92.4 Å². The maximum absolute atomic E-state index is 13.0. The third-order valence-corrected chi connectivity index (χ3v) is 3.88. The van der Waals surface area contributed by atoms with Crippen molar-refractivity contribution in [3.05, 3.63) is 41.7 Å². The van der Waals surface area contributed by atoms with E-state index in [9.17, 15) is 27.4 Å². The van der Waals surface area contributed by atoms with E-state index in [1.807, 2.05) is 0 Å². The van der Waals surface area contributed by atoms with Crippen molar-refractivity contribution in [2.24, 2.45) is 0 Å². The van der Waals surface area contributed by atoms with Crippen molar-refractivity contribution in [2.75, 3.05) is 6.26 Å². The first-order chi connectivity index (χ1) is 9.73. The Labute approximate surface area is 119 Å². The van der Waals surface area contributed by atoms with Crippen molar-refractivity contribution in [3.8, 4) is 5.69 Å². The van der Waals surface area contributed by atoms with E-state index in [2.05, 4.69) is 5.10 Å². The first kappa shape index (κ1) is 15.5. The molecule has 0 spiro atoms. The van der Waals surface area contributed by atoms with E-state index >= 15 is 0 Å². The summed E-state index contributed by atoms with van der Waals surface area (Å²) in [6.45, 7) is 0. The minimum Gasteiger partial charge on any atom is -0.363 e. The van der Waals surface area contributed by atoms with E-state index in [1.165, 1.54) is 12.1 Å². The van der Waals surface area contributed by atoms with Gasteiger partial charge in [-0.05, 0) is 12.1 Å². The Morgan fingerprint density at radius 1 is 1.19 bits per heavy atom. The lowest BCUT2D eigenvalue weighted by atomic mass is 10.3. The number of sulfone groups is 1. The first-order valence-corrected chi connectivity index (χ1v) is 7.65. The van der Waals surface area contributed by atoms with Crippen molar-refractivity contribution >= 4 is 9.84 Å². The molecule has 2 aromatic rings. The molecule has 114 valence electrons. The predicted octanol–water partition coefficient (Wildman–Crippen LogP) is 1.20. The van der Waals surface area contributed by atoms with Gasteiger partial charge in [0.05, 0.1) is 5.69 Å². The molecule has 1 heterocycles. The number of nitrogens with zero attached hydrogens (tertiary/aromatic N) is 2. The van der Waals surface area contributed by atoms with Crippen LogP contribution in [0, 0.1) is 0 Å². The van der Waals surface area contributed by atoms with Gasteiger partial charge in [0, 0.05) is 6.26 Å². The molecule has 6 nitrogen and oxygen atoms in total. The molecule has 1 aromatic heterocycles. The van der Waals surface area contributed by atoms with E-state index in [0.717, 1.165) is 4.68 Å². The van der Waals surface area contributed by atoms with E-state index in [0.29, 0.717) is 6.26 Å². The number of halogens is 2. The summed E-state index contributed by atoms with van der Waals surface area (Å²) in [6.07, 6.45) is -4.73. The number of para-hydroxylation sites is 1. The first-order valence-electron chi connectivity index (χ1n) is 5.76. The molecule has 2 rings (SSSR count). The lowest BCUT2D eigenvalue weighted by Gasteiger charge is -2.10. The minimum atomic E-state index is -4.12. The van der Waals surface area contributed by atoms with Crippen LogP contribution >= 0.6 is 0 Å². The van der Waals surface area contributed by atoms with Gasteiger partial charge in [-0.1, -0.05) is 18.2 Å². The Bertz CT molecular complexity index is 742. The Morgan fingerprint density at radius 2 is 1.76 bits per heavy atom. The van der Waals surface area contributed by atoms with Gasteiger partial charge >= 0.3 is 0 Å². The van der Waals surface area contributed by atoms with Crippen molar-refractivity contribution in [1.82, 2.24) is 9.78 Å². The number of aromatic nitrogens is 2. The maximum Gasteiger partial charge on any atom is 0.283 e. The van der Waals surface area contributed by atoms with Crippen LogP contribution in [0.5, 0.6) is 0 Å². The standard InChI is InChI=1S/C12H12F2N2O4S/c1-21(19,20)10-8(11(13)14)15-16(9(10)12(17)18)7-5-3-2-4-6-7/h2-6,11-12,17-18H,1H3. The Morgan fingerprint density at radius 3 is 2.19 bits per heavy atom. The van der Waals surface area contributed by atoms with Crippen LogP contribution in [0.3, 0.4) is 0 Å². The van der Waals surface area contributed by atoms with Gasteiger partial charge in [-0.3, -0.25) is 0 Å². The van der Waals surface area contributed by atoms with Crippen LogP contribution in [-0.2, 0) is 9.84 Å². The molecule has 0 amide bonds. The van der Waals surface area contributed by atoms with Crippen molar-refractivity contribution < 1.29 is 27.4 Å². The molecule has 0 unspecified atom stereocenters. The molecule has 0 aliphatic rings. The fourth-order valence-corrected chi connectivity index (χ4v) is 3.03. The highest BCUT2D eigenvalue weighted by atomic mass is 32.2. The molecule has 2 N–H and O–H groups in total. The molecule has 0 aliphatic heterocycles. The Hall–Kier alpha value is -1.84. The zero-order chi connectivity index (χ0) is 15.8. The third kappa shape index (κ3) is 2.94. The third-order valence-electron chi connectivity index (χ3n) is 2.72. The predicted molar refractivity (Wildman–Crippen MR) is 68.8 cm³/mol. The molecule has 0 fully saturated rings. The maximum atomic E-state index is 13.0. The summed E-state index contributed by atoms with van der Waals surface area (Å²) in [5, 5.41) is 22.3. The van der Waals surface area contributed by atoms with Crippen LogP contribution in [0.4, 0.5) is 8.78 Å². The van der Waals surface area contributed by atoms with Crippen LogP contribution in [0.25, 0.3) is 5.69 Å². The molecular weight excluding hydrogens is 306 g/mol. The molecule has 0 saturated carbocycles. The number of hydrogen-bond donors (Lipinski definition) is 2. The van der Waals surface area contributed by atoms with E-state index < -0.39 is 38.8 Å². The van der Waals surface area contributed by atoms with Crippen molar-refractivity contribution in [2.45, 2.75) is 17.6 Å². The summed E-state index contributed by atoms with van der Waals surface area (Å²) in [6, 6.07) is 7.76. The summed E-state index contributed by atoms with van der Waals surface area (Å²) in [4.78, 5) is -0.864. The van der Waals surface area contributed by atoms with Crippen LogP contribution in [0.1, 0.15) is 24.1 Å². The van der Waals surface area contributed by atoms with Gasteiger partial charge in [0.25, 0.3) is 6.43 Å². The number of hydrogen-bond acceptors (Lipinski definition) is 5. The molecule has 0 atom stereocenters. The number of benzene rings is 1. The summed E-state index contributed by atoms with van der Waals surface area (Å²) < 4.78 is 50.3. The normalized spacial score (nSPS) is 12.3. The number of aliphatic hydroxyl groups excluding tert-OH is 1. The van der Waals surface area contributed by atoms with Gasteiger partial charge in [0.1, 0.15) is 16.3 Å². The number of alkyl halides is 2. The minimum absolute atomic E-state index is 0.234. The lowest BCUT2D eigenvalue weighted by Crippen LogP contribution is -2.11. The van der Waals surface area contributed by atoms with E-state index in [-0.39, 0.29) is 5.69 Å². The van der Waals surface area contributed by atoms with Crippen LogP contribution in [0.15, 0.2) is 35.2 Å². The molecule has 9 heteroatoms. The molecule has 21 heavy (non-hydrogen) atoms. The average Bonchev–Trinajstić information content (AvgIpc) is 2.80. The molecular formula is C12H12F2N2O4S. The Kier molecular flexibility index (Phi) is 4.08. The zero-order valence-corrected chi connectivity index (χ0v) is 11.6. The van der Waals surface area contributed by atoms with Crippen molar-refractivity contribution in [1.29, 1.82) is 0 Å². The van der Waals surface area contributed by atoms with E-state index in [4.69, 9.17) is 0 Å². The van der Waals surface area contributed by atoms with Gasteiger partial charge in [0.2, 0.25) is 0 Å². The molecule has 0 aliphatic carbocycles. The van der Waals surface area contributed by atoms with Gasteiger partial charge in [0.15, 0.2) is 16.1 Å². The second kappa shape index (κ2) is 5.51. The highest BCUT2D eigenvalue weighted by molar-refractivity contribution is 7.90. The summed E-state index contributed by atoms with van der Waals surface area (Å²) in [5.74, 6) is 0. The largest absolute Gasteiger partial charge is 0.363 e. The summed E-state index contributed by atoms with van der Waals surface area (Å²) >= 11 is 0. The fraction of sp³-hybridized carbons (Fsp3) is 0.250. The summed E-state index contributed by atoms with van der Waals surface area (Å²) in [5.41, 5.74) is -1.39. The van der Waals surface area contributed by atoms with Gasteiger partial charge in [-0.15, -0.1) is 0 Å². The molecule has 0 saturated heterocycles. The molecule has 1 aromatic carbocycles. The van der Waals surface area contributed by atoms with Crippen LogP contribution in [-0.4, -0.2) is 34.7 Å². The average molecular weight is 318 g/mol. The Balaban J connectivity index is 2.85. The quantitative estimate of drug-likeness (QED) is 0.826. The zero-order valence-electron chi connectivity index (χ0n) is 10.8. The van der Waals surface area contributed by atoms with Gasteiger partial charge in [-0.2, -0.15) is 5.10 Å². The smallest absolute Gasteiger partial charge is 0.283 e. The number of rotatable bonds is 4. The van der Waals surface area contributed by atoms with Gasteiger partial charge < -0.3 is 10.2 Å². The van der Waals surface area contributed by atoms with Crippen LogP contribution in [0.2, 0.25) is 0 Å². The number of aliphatic hydroxyl groups is 2.